The van der Waals surface area contributed by atoms with Crippen LogP contribution in [0.4, 0.5) is 32.0 Å². The second-order valence-corrected chi connectivity index (χ2v) is 7.55. The van der Waals surface area contributed by atoms with Crippen molar-refractivity contribution >= 4 is 22.6 Å². The van der Waals surface area contributed by atoms with E-state index in [4.69, 9.17) is 4.74 Å². The predicted octanol–water partition coefficient (Wildman–Crippen LogP) is 4.69. The summed E-state index contributed by atoms with van der Waals surface area (Å²) >= 11 is 0. The number of hydrogen-bond donors (Lipinski definition) is 2. The van der Waals surface area contributed by atoms with Gasteiger partial charge in [-0.25, -0.2) is 4.98 Å². The van der Waals surface area contributed by atoms with Gasteiger partial charge in [-0.05, 0) is 36.4 Å². The quantitative estimate of drug-likeness (QED) is 0.541. The van der Waals surface area contributed by atoms with Crippen LogP contribution in [0.2, 0.25) is 0 Å². The van der Waals surface area contributed by atoms with E-state index in [0.29, 0.717) is 48.7 Å². The van der Waals surface area contributed by atoms with E-state index >= 15 is 0 Å². The molecule has 0 spiro atoms. The first-order valence-corrected chi connectivity index (χ1v) is 9.88. The summed E-state index contributed by atoms with van der Waals surface area (Å²) in [7, 11) is 0. The number of nitrogens with one attached hydrogen (secondary N) is 2. The zero-order valence-electron chi connectivity index (χ0n) is 17.0. The summed E-state index contributed by atoms with van der Waals surface area (Å²) < 4.78 is 83.6. The van der Waals surface area contributed by atoms with Crippen molar-refractivity contribution in [2.75, 3.05) is 31.6 Å². The fourth-order valence-corrected chi connectivity index (χ4v) is 3.48. The molecule has 1 saturated heterocycles. The van der Waals surface area contributed by atoms with Crippen LogP contribution in [0.3, 0.4) is 0 Å². The van der Waals surface area contributed by atoms with Gasteiger partial charge in [0.05, 0.1) is 41.9 Å². The number of halogens is 6. The summed E-state index contributed by atoms with van der Waals surface area (Å²) in [6, 6.07) is 5.33. The lowest BCUT2D eigenvalue weighted by Crippen LogP contribution is -2.35. The molecule has 2 N–H and O–H groups in total. The molecule has 1 aliphatic heterocycles. The number of alkyl halides is 6. The van der Waals surface area contributed by atoms with Gasteiger partial charge in [0.2, 0.25) is 0 Å². The Kier molecular flexibility index (Phi) is 6.06. The van der Waals surface area contributed by atoms with Gasteiger partial charge < -0.3 is 15.0 Å². The zero-order valence-corrected chi connectivity index (χ0v) is 17.0. The van der Waals surface area contributed by atoms with Crippen LogP contribution in [0, 0.1) is 0 Å². The van der Waals surface area contributed by atoms with E-state index in [1.165, 1.54) is 12.1 Å². The molecule has 3 aromatic rings. The van der Waals surface area contributed by atoms with Gasteiger partial charge in [0, 0.05) is 24.3 Å². The molecule has 0 bridgehead atoms. The Labute approximate surface area is 183 Å². The number of fused-ring (bicyclic) bond motifs is 1. The predicted molar refractivity (Wildman–Crippen MR) is 107 cm³/mol. The van der Waals surface area contributed by atoms with Crippen LogP contribution < -0.4 is 5.32 Å². The molecular formula is C21H18F6N4O2. The van der Waals surface area contributed by atoms with Crippen LogP contribution in [0.5, 0.6) is 0 Å². The minimum Gasteiger partial charge on any atom is -0.379 e. The molecule has 1 aromatic heterocycles. The van der Waals surface area contributed by atoms with E-state index in [0.717, 1.165) is 13.1 Å². The number of anilines is 1. The highest BCUT2D eigenvalue weighted by molar-refractivity contribution is 6.05. The van der Waals surface area contributed by atoms with Crippen molar-refractivity contribution in [3.8, 4) is 0 Å². The third-order valence-corrected chi connectivity index (χ3v) is 5.12. The van der Waals surface area contributed by atoms with Gasteiger partial charge in [-0.1, -0.05) is 0 Å². The second kappa shape index (κ2) is 8.67. The second-order valence-electron chi connectivity index (χ2n) is 7.55. The number of hydrogen-bond acceptors (Lipinski definition) is 4. The molecule has 6 nitrogen and oxygen atoms in total. The number of nitrogens with zero attached hydrogens (tertiary/aromatic N) is 2. The summed E-state index contributed by atoms with van der Waals surface area (Å²) in [5, 5.41) is 2.35. The van der Waals surface area contributed by atoms with Gasteiger partial charge in [0.1, 0.15) is 5.82 Å². The summed E-state index contributed by atoms with van der Waals surface area (Å²) in [6.45, 7) is 3.33. The molecule has 0 atom stereocenters. The van der Waals surface area contributed by atoms with Crippen LogP contribution in [0.1, 0.15) is 27.3 Å². The van der Waals surface area contributed by atoms with Crippen molar-refractivity contribution in [3.05, 3.63) is 58.9 Å². The molecule has 1 fully saturated rings. The number of carbonyl (C=O) groups is 1. The molecule has 176 valence electrons. The normalized spacial score (nSPS) is 15.7. The van der Waals surface area contributed by atoms with Gasteiger partial charge in [-0.2, -0.15) is 26.3 Å². The maximum absolute atomic E-state index is 13.1. The smallest absolute Gasteiger partial charge is 0.379 e. The Hall–Kier alpha value is -3.12. The molecule has 2 aromatic carbocycles. The lowest BCUT2D eigenvalue weighted by molar-refractivity contribution is -0.143. The number of H-pyrrole nitrogens is 1. The number of imidazole rings is 1. The van der Waals surface area contributed by atoms with Gasteiger partial charge in [-0.15, -0.1) is 0 Å². The summed E-state index contributed by atoms with van der Waals surface area (Å²) in [4.78, 5) is 22.2. The summed E-state index contributed by atoms with van der Waals surface area (Å²) in [5.41, 5.74) is -2.50. The van der Waals surface area contributed by atoms with E-state index in [-0.39, 0.29) is 11.8 Å². The monoisotopic (exact) mass is 472 g/mol. The number of amides is 1. The average Bonchev–Trinajstić information content (AvgIpc) is 3.14. The number of carbonyl (C=O) groups excluding carboxylic acids is 1. The highest BCUT2D eigenvalue weighted by Crippen LogP contribution is 2.36. The minimum atomic E-state index is -5.04. The molecule has 4 rings (SSSR count). The van der Waals surface area contributed by atoms with Crippen LogP contribution in [-0.2, 0) is 23.6 Å². The standard InChI is InChI=1S/C21H18F6N4O2/c22-20(23,24)13-7-12(8-14(9-13)21(25,26)27)19(32)28-15-1-2-16-17(10-15)30-18(29-16)11-31-3-5-33-6-4-31/h1-2,7-10H,3-6,11H2,(H,28,32)(H,29,30). The molecule has 0 radical (unpaired) electrons. The Morgan fingerprint density at radius 2 is 1.64 bits per heavy atom. The Morgan fingerprint density at radius 3 is 2.24 bits per heavy atom. The van der Waals surface area contributed by atoms with Crippen LogP contribution >= 0.6 is 0 Å². The van der Waals surface area contributed by atoms with E-state index in [1.807, 2.05) is 0 Å². The molecular weight excluding hydrogens is 454 g/mol. The van der Waals surface area contributed by atoms with Gasteiger partial charge in [0.15, 0.2) is 0 Å². The molecule has 0 saturated carbocycles. The highest BCUT2D eigenvalue weighted by Gasteiger charge is 2.37. The SMILES string of the molecule is O=C(Nc1ccc2nc(CN3CCOCC3)[nH]c2c1)c1cc(C(F)(F)F)cc(C(F)(F)F)c1. The third kappa shape index (κ3) is 5.45. The molecule has 1 aliphatic rings. The topological polar surface area (TPSA) is 70.2 Å². The molecule has 0 unspecified atom stereocenters. The number of aromatic amines is 1. The van der Waals surface area contributed by atoms with Gasteiger partial charge in [-0.3, -0.25) is 9.69 Å². The minimum absolute atomic E-state index is 0.0244. The molecule has 0 aliphatic carbocycles. The fourth-order valence-electron chi connectivity index (χ4n) is 3.48. The van der Waals surface area contributed by atoms with Crippen molar-refractivity contribution < 1.29 is 35.9 Å². The van der Waals surface area contributed by atoms with Crippen molar-refractivity contribution in [3.63, 3.8) is 0 Å². The number of aromatic nitrogens is 2. The van der Waals surface area contributed by atoms with Crippen molar-refractivity contribution in [1.82, 2.24) is 14.9 Å². The Morgan fingerprint density at radius 1 is 1.00 bits per heavy atom. The summed E-state index contributed by atoms with van der Waals surface area (Å²) in [5.74, 6) is -0.415. The van der Waals surface area contributed by atoms with Crippen molar-refractivity contribution in [1.29, 1.82) is 0 Å². The number of benzene rings is 2. The van der Waals surface area contributed by atoms with E-state index in [1.54, 1.807) is 6.07 Å². The number of rotatable bonds is 4. The molecule has 2 heterocycles. The van der Waals surface area contributed by atoms with E-state index in [2.05, 4.69) is 20.2 Å². The molecule has 12 heteroatoms. The first-order valence-electron chi connectivity index (χ1n) is 9.88. The first-order chi connectivity index (χ1) is 15.5. The third-order valence-electron chi connectivity index (χ3n) is 5.12. The van der Waals surface area contributed by atoms with E-state index < -0.39 is 35.0 Å². The van der Waals surface area contributed by atoms with E-state index in [9.17, 15) is 31.1 Å². The Bertz CT molecular complexity index is 1130. The lowest BCUT2D eigenvalue weighted by atomic mass is 10.0. The molecule has 33 heavy (non-hydrogen) atoms. The van der Waals surface area contributed by atoms with Crippen molar-refractivity contribution in [2.45, 2.75) is 18.9 Å². The van der Waals surface area contributed by atoms with Crippen LogP contribution in [0.25, 0.3) is 11.0 Å². The lowest BCUT2D eigenvalue weighted by Gasteiger charge is -2.25. The fraction of sp³-hybridized carbons (Fsp3) is 0.333. The maximum atomic E-state index is 13.1. The number of ether oxygens (including phenoxy) is 1. The van der Waals surface area contributed by atoms with Crippen LogP contribution in [0.15, 0.2) is 36.4 Å². The Balaban J connectivity index is 1.55. The number of morpholine rings is 1. The average molecular weight is 472 g/mol. The maximum Gasteiger partial charge on any atom is 0.416 e. The van der Waals surface area contributed by atoms with Gasteiger partial charge in [0.25, 0.3) is 5.91 Å². The van der Waals surface area contributed by atoms with Gasteiger partial charge >= 0.3 is 12.4 Å². The zero-order chi connectivity index (χ0) is 23.8. The van der Waals surface area contributed by atoms with Crippen LogP contribution in [-0.4, -0.2) is 47.1 Å². The largest absolute Gasteiger partial charge is 0.416 e. The highest BCUT2D eigenvalue weighted by atomic mass is 19.4. The first kappa shape index (κ1) is 23.1. The van der Waals surface area contributed by atoms with Crippen molar-refractivity contribution in [2.24, 2.45) is 0 Å². The molecule has 1 amide bonds. The summed E-state index contributed by atoms with van der Waals surface area (Å²) in [6.07, 6.45) is -10.1.